The molecule has 1 atom stereocenters. The van der Waals surface area contributed by atoms with E-state index in [0.717, 1.165) is 77.8 Å². The van der Waals surface area contributed by atoms with Crippen LogP contribution in [0.1, 0.15) is 32.1 Å². The zero-order valence-electron chi connectivity index (χ0n) is 16.9. The van der Waals surface area contributed by atoms with Crippen LogP contribution in [0.25, 0.3) is 0 Å². The van der Waals surface area contributed by atoms with Gasteiger partial charge in [-0.3, -0.25) is 4.99 Å². The monoisotopic (exact) mass is 370 g/mol. The van der Waals surface area contributed by atoms with Crippen LogP contribution in [0.15, 0.2) is 4.99 Å². The van der Waals surface area contributed by atoms with Crippen LogP contribution in [0, 0.1) is 0 Å². The molecule has 0 aromatic rings. The second-order valence-corrected chi connectivity index (χ2v) is 7.28. The summed E-state index contributed by atoms with van der Waals surface area (Å²) in [5, 5.41) is 3.48. The van der Waals surface area contributed by atoms with E-state index in [1.165, 1.54) is 12.8 Å². The predicted molar refractivity (Wildman–Crippen MR) is 105 cm³/mol. The summed E-state index contributed by atoms with van der Waals surface area (Å²) in [5.74, 6) is 0.999. The molecule has 0 aromatic heterocycles. The third-order valence-corrected chi connectivity index (χ3v) is 5.20. The Morgan fingerprint density at radius 2 is 2.04 bits per heavy atom. The fourth-order valence-electron chi connectivity index (χ4n) is 3.47. The van der Waals surface area contributed by atoms with Crippen molar-refractivity contribution in [2.75, 3.05) is 73.7 Å². The molecule has 2 aliphatic rings. The first-order valence-corrected chi connectivity index (χ1v) is 10.1. The van der Waals surface area contributed by atoms with Gasteiger partial charge in [0.2, 0.25) is 0 Å². The molecule has 26 heavy (non-hydrogen) atoms. The van der Waals surface area contributed by atoms with Crippen LogP contribution < -0.4 is 5.32 Å². The molecule has 152 valence electrons. The smallest absolute Gasteiger partial charge is 0.193 e. The van der Waals surface area contributed by atoms with Gasteiger partial charge in [-0.15, -0.1) is 0 Å². The van der Waals surface area contributed by atoms with Gasteiger partial charge in [-0.2, -0.15) is 0 Å². The van der Waals surface area contributed by atoms with Crippen molar-refractivity contribution in [1.29, 1.82) is 0 Å². The number of methoxy groups -OCH3 is 1. The summed E-state index contributed by atoms with van der Waals surface area (Å²) in [6.07, 6.45) is 6.40. The Morgan fingerprint density at radius 1 is 1.23 bits per heavy atom. The minimum Gasteiger partial charge on any atom is -0.383 e. The van der Waals surface area contributed by atoms with Gasteiger partial charge in [0.05, 0.1) is 25.4 Å². The number of likely N-dealkylation sites (tertiary alicyclic amines) is 1. The number of aliphatic imine (C=N–C) groups is 1. The van der Waals surface area contributed by atoms with E-state index < -0.39 is 0 Å². The first-order chi connectivity index (χ1) is 12.7. The number of hydrogen-bond acceptors (Lipinski definition) is 5. The molecule has 0 aromatic carbocycles. The average molecular weight is 371 g/mol. The topological polar surface area (TPSA) is 58.6 Å². The van der Waals surface area contributed by atoms with E-state index in [0.29, 0.717) is 12.2 Å². The van der Waals surface area contributed by atoms with Gasteiger partial charge in [0.1, 0.15) is 0 Å². The van der Waals surface area contributed by atoms with Crippen LogP contribution in [-0.2, 0) is 14.2 Å². The maximum Gasteiger partial charge on any atom is 0.193 e. The standard InChI is InChI=1S/C19H38N4O3/c1-20-19(21-9-12-22(2)13-15-24-3)23-10-7-17(8-11-23)26-16-18-6-4-5-14-25-18/h17-18H,4-16H2,1-3H3,(H,20,21). The minimum absolute atomic E-state index is 0.311. The molecule has 7 nitrogen and oxygen atoms in total. The Labute approximate surface area is 159 Å². The zero-order valence-corrected chi connectivity index (χ0v) is 16.9. The SMILES string of the molecule is CN=C(NCCN(C)CCOC)N1CCC(OCC2CCCCO2)CC1. The fraction of sp³-hybridized carbons (Fsp3) is 0.947. The lowest BCUT2D eigenvalue weighted by Crippen LogP contribution is -2.48. The highest BCUT2D eigenvalue weighted by Gasteiger charge is 2.23. The number of ether oxygens (including phenoxy) is 3. The van der Waals surface area contributed by atoms with E-state index in [1.54, 1.807) is 7.11 Å². The highest BCUT2D eigenvalue weighted by atomic mass is 16.5. The molecule has 7 heteroatoms. The van der Waals surface area contributed by atoms with Gasteiger partial charge in [-0.1, -0.05) is 0 Å². The Balaban J connectivity index is 1.60. The lowest BCUT2D eigenvalue weighted by Gasteiger charge is -2.35. The quantitative estimate of drug-likeness (QED) is 0.486. The van der Waals surface area contributed by atoms with Crippen molar-refractivity contribution < 1.29 is 14.2 Å². The number of hydrogen-bond donors (Lipinski definition) is 1. The normalized spacial score (nSPS) is 22.8. The molecule has 0 saturated carbocycles. The maximum atomic E-state index is 6.10. The first kappa shape index (κ1) is 21.4. The van der Waals surface area contributed by atoms with Gasteiger partial charge in [-0.25, -0.2) is 0 Å². The molecule has 0 spiro atoms. The summed E-state index contributed by atoms with van der Waals surface area (Å²) >= 11 is 0. The van der Waals surface area contributed by atoms with E-state index in [2.05, 4.69) is 27.2 Å². The third kappa shape index (κ3) is 7.78. The van der Waals surface area contributed by atoms with Crippen LogP contribution in [0.2, 0.25) is 0 Å². The molecule has 0 bridgehead atoms. The molecule has 2 aliphatic heterocycles. The van der Waals surface area contributed by atoms with Gasteiger partial charge in [0.25, 0.3) is 0 Å². The summed E-state index contributed by atoms with van der Waals surface area (Å²) < 4.78 is 17.0. The van der Waals surface area contributed by atoms with Gasteiger partial charge in [-0.05, 0) is 39.2 Å². The first-order valence-electron chi connectivity index (χ1n) is 10.1. The third-order valence-electron chi connectivity index (χ3n) is 5.20. The van der Waals surface area contributed by atoms with Crippen molar-refractivity contribution >= 4 is 5.96 Å². The van der Waals surface area contributed by atoms with Crippen molar-refractivity contribution in [2.24, 2.45) is 4.99 Å². The number of likely N-dealkylation sites (N-methyl/N-ethyl adjacent to an activating group) is 1. The summed E-state index contributed by atoms with van der Waals surface area (Å²) in [4.78, 5) is 9.04. The summed E-state index contributed by atoms with van der Waals surface area (Å²) in [7, 11) is 5.71. The summed E-state index contributed by atoms with van der Waals surface area (Å²) in [6.45, 7) is 7.23. The van der Waals surface area contributed by atoms with Crippen molar-refractivity contribution in [3.8, 4) is 0 Å². The number of nitrogens with zero attached hydrogens (tertiary/aromatic N) is 3. The van der Waals surface area contributed by atoms with Gasteiger partial charge in [0.15, 0.2) is 5.96 Å². The highest BCUT2D eigenvalue weighted by Crippen LogP contribution is 2.17. The van der Waals surface area contributed by atoms with Crippen LogP contribution >= 0.6 is 0 Å². The van der Waals surface area contributed by atoms with Crippen molar-refractivity contribution in [1.82, 2.24) is 15.1 Å². The van der Waals surface area contributed by atoms with Gasteiger partial charge < -0.3 is 29.3 Å². The average Bonchev–Trinajstić information content (AvgIpc) is 2.69. The van der Waals surface area contributed by atoms with Gasteiger partial charge >= 0.3 is 0 Å². The van der Waals surface area contributed by atoms with Crippen LogP contribution in [0.5, 0.6) is 0 Å². The van der Waals surface area contributed by atoms with E-state index >= 15 is 0 Å². The Hall–Kier alpha value is -0.890. The molecule has 0 radical (unpaired) electrons. The summed E-state index contributed by atoms with van der Waals surface area (Å²) in [5.41, 5.74) is 0. The Morgan fingerprint density at radius 3 is 2.69 bits per heavy atom. The molecular formula is C19H38N4O3. The second-order valence-electron chi connectivity index (χ2n) is 7.28. The molecule has 2 saturated heterocycles. The lowest BCUT2D eigenvalue weighted by atomic mass is 10.1. The van der Waals surface area contributed by atoms with Gasteiger partial charge in [0, 0.05) is 53.5 Å². The molecular weight excluding hydrogens is 332 g/mol. The Bertz CT molecular complexity index is 394. The Kier molecular flexibility index (Phi) is 10.3. The van der Waals surface area contributed by atoms with E-state index in [-0.39, 0.29) is 0 Å². The number of nitrogens with one attached hydrogen (secondary N) is 1. The fourth-order valence-corrected chi connectivity index (χ4v) is 3.47. The molecule has 1 unspecified atom stereocenters. The highest BCUT2D eigenvalue weighted by molar-refractivity contribution is 5.79. The maximum absolute atomic E-state index is 6.10. The summed E-state index contributed by atoms with van der Waals surface area (Å²) in [6, 6.07) is 0. The minimum atomic E-state index is 0.311. The number of piperidine rings is 1. The molecule has 0 amide bonds. The number of guanidine groups is 1. The molecule has 2 heterocycles. The van der Waals surface area contributed by atoms with Crippen LogP contribution in [0.4, 0.5) is 0 Å². The molecule has 1 N–H and O–H groups in total. The van der Waals surface area contributed by atoms with Crippen LogP contribution in [-0.4, -0.2) is 102 Å². The molecule has 2 rings (SSSR count). The van der Waals surface area contributed by atoms with Crippen molar-refractivity contribution in [3.63, 3.8) is 0 Å². The van der Waals surface area contributed by atoms with E-state index in [1.807, 2.05) is 7.05 Å². The number of rotatable bonds is 9. The zero-order chi connectivity index (χ0) is 18.6. The van der Waals surface area contributed by atoms with E-state index in [4.69, 9.17) is 14.2 Å². The van der Waals surface area contributed by atoms with Crippen LogP contribution in [0.3, 0.4) is 0 Å². The van der Waals surface area contributed by atoms with Crippen molar-refractivity contribution in [3.05, 3.63) is 0 Å². The van der Waals surface area contributed by atoms with Crippen molar-refractivity contribution in [2.45, 2.75) is 44.3 Å². The second kappa shape index (κ2) is 12.5. The lowest BCUT2D eigenvalue weighted by molar-refractivity contribution is -0.0721. The largest absolute Gasteiger partial charge is 0.383 e. The molecule has 2 fully saturated rings. The molecule has 0 aliphatic carbocycles. The van der Waals surface area contributed by atoms with E-state index in [9.17, 15) is 0 Å². The predicted octanol–water partition coefficient (Wildman–Crippen LogP) is 1.19.